The summed E-state index contributed by atoms with van der Waals surface area (Å²) >= 11 is 0. The number of hydrogen-bond donors (Lipinski definition) is 3. The van der Waals surface area contributed by atoms with E-state index >= 15 is 0 Å². The lowest BCUT2D eigenvalue weighted by molar-refractivity contribution is -0.149. The maximum absolute atomic E-state index is 12.6. The molecule has 5 heteroatoms. The van der Waals surface area contributed by atoms with Crippen molar-refractivity contribution in [2.75, 3.05) is 6.61 Å². The maximum Gasteiger partial charge on any atom is 0.307 e. The van der Waals surface area contributed by atoms with Crippen LogP contribution >= 0.6 is 0 Å². The standard InChI is InChI=1S/C16H27NO4/c1-11-5-4-8-16(9-11,10-18)17-14(19)12-6-2-3-7-13(12)15(20)21/h11-13,18H,2-10H2,1H3,(H,17,19)(H,20,21). The normalized spacial score (nSPS) is 37.0. The zero-order valence-electron chi connectivity index (χ0n) is 12.8. The highest BCUT2D eigenvalue weighted by molar-refractivity contribution is 5.85. The molecular weight excluding hydrogens is 270 g/mol. The molecular formula is C16H27NO4. The summed E-state index contributed by atoms with van der Waals surface area (Å²) in [5.74, 6) is -1.59. The lowest BCUT2D eigenvalue weighted by atomic mass is 9.75. The first-order valence-corrected chi connectivity index (χ1v) is 8.13. The molecule has 2 fully saturated rings. The SMILES string of the molecule is CC1CCCC(CO)(NC(=O)C2CCCCC2C(=O)O)C1. The minimum Gasteiger partial charge on any atom is -0.481 e. The fraction of sp³-hybridized carbons (Fsp3) is 0.875. The molecule has 2 aliphatic rings. The Morgan fingerprint density at radius 3 is 2.38 bits per heavy atom. The zero-order valence-corrected chi connectivity index (χ0v) is 12.8. The van der Waals surface area contributed by atoms with Crippen LogP contribution in [0.2, 0.25) is 0 Å². The Kier molecular flexibility index (Phi) is 5.25. The van der Waals surface area contributed by atoms with Crippen LogP contribution in [-0.2, 0) is 9.59 Å². The van der Waals surface area contributed by atoms with Gasteiger partial charge in [0.25, 0.3) is 0 Å². The van der Waals surface area contributed by atoms with Crippen molar-refractivity contribution in [3.8, 4) is 0 Å². The molecule has 0 aromatic carbocycles. The molecule has 0 bridgehead atoms. The summed E-state index contributed by atoms with van der Waals surface area (Å²) in [5.41, 5.74) is -0.546. The first-order chi connectivity index (χ1) is 9.97. The largest absolute Gasteiger partial charge is 0.481 e. The van der Waals surface area contributed by atoms with Gasteiger partial charge in [-0.05, 0) is 31.6 Å². The van der Waals surface area contributed by atoms with Crippen LogP contribution < -0.4 is 5.32 Å². The fourth-order valence-corrected chi connectivity index (χ4v) is 4.05. The number of carbonyl (C=O) groups is 2. The molecule has 0 aromatic heterocycles. The summed E-state index contributed by atoms with van der Waals surface area (Å²) in [6.07, 6.45) is 6.68. The van der Waals surface area contributed by atoms with Crippen LogP contribution in [0.15, 0.2) is 0 Å². The van der Waals surface area contributed by atoms with Gasteiger partial charge in [0.15, 0.2) is 0 Å². The first kappa shape index (κ1) is 16.3. The highest BCUT2D eigenvalue weighted by atomic mass is 16.4. The van der Waals surface area contributed by atoms with Gasteiger partial charge in [0.2, 0.25) is 5.91 Å². The van der Waals surface area contributed by atoms with Gasteiger partial charge in [0, 0.05) is 0 Å². The predicted octanol–water partition coefficient (Wildman–Crippen LogP) is 1.93. The van der Waals surface area contributed by atoms with E-state index in [2.05, 4.69) is 12.2 Å². The minimum absolute atomic E-state index is 0.0620. The molecule has 21 heavy (non-hydrogen) atoms. The van der Waals surface area contributed by atoms with Crippen LogP contribution in [0.4, 0.5) is 0 Å². The van der Waals surface area contributed by atoms with E-state index < -0.39 is 23.3 Å². The van der Waals surface area contributed by atoms with Crippen molar-refractivity contribution in [1.82, 2.24) is 5.32 Å². The van der Waals surface area contributed by atoms with Crippen LogP contribution in [0.1, 0.15) is 58.3 Å². The molecule has 4 atom stereocenters. The summed E-state index contributed by atoms with van der Waals surface area (Å²) in [6, 6.07) is 0. The van der Waals surface area contributed by atoms with E-state index in [4.69, 9.17) is 0 Å². The molecule has 5 nitrogen and oxygen atoms in total. The molecule has 0 aromatic rings. The Balaban J connectivity index is 2.06. The molecule has 120 valence electrons. The van der Waals surface area contributed by atoms with E-state index in [0.717, 1.165) is 38.5 Å². The second-order valence-corrected chi connectivity index (χ2v) is 6.96. The lowest BCUT2D eigenvalue weighted by Crippen LogP contribution is -2.56. The number of nitrogens with one attached hydrogen (secondary N) is 1. The molecule has 0 saturated heterocycles. The quantitative estimate of drug-likeness (QED) is 0.740. The number of carboxylic acids is 1. The molecule has 2 aliphatic carbocycles. The van der Waals surface area contributed by atoms with Crippen molar-refractivity contribution in [2.24, 2.45) is 17.8 Å². The summed E-state index contributed by atoms with van der Waals surface area (Å²) in [4.78, 5) is 23.9. The minimum atomic E-state index is -0.870. The number of rotatable bonds is 4. The summed E-state index contributed by atoms with van der Waals surface area (Å²) < 4.78 is 0. The van der Waals surface area contributed by atoms with Crippen molar-refractivity contribution in [1.29, 1.82) is 0 Å². The van der Waals surface area contributed by atoms with E-state index in [9.17, 15) is 19.8 Å². The smallest absolute Gasteiger partial charge is 0.307 e. The van der Waals surface area contributed by atoms with Crippen LogP contribution in [0.5, 0.6) is 0 Å². The molecule has 0 radical (unpaired) electrons. The van der Waals surface area contributed by atoms with Gasteiger partial charge >= 0.3 is 5.97 Å². The maximum atomic E-state index is 12.6. The number of carbonyl (C=O) groups excluding carboxylic acids is 1. The molecule has 2 rings (SSSR count). The molecule has 0 spiro atoms. The topological polar surface area (TPSA) is 86.6 Å². The van der Waals surface area contributed by atoms with Gasteiger partial charge in [-0.15, -0.1) is 0 Å². The van der Waals surface area contributed by atoms with Crippen LogP contribution in [0.25, 0.3) is 0 Å². The van der Waals surface area contributed by atoms with Crippen molar-refractivity contribution in [3.63, 3.8) is 0 Å². The second kappa shape index (κ2) is 6.77. The van der Waals surface area contributed by atoms with E-state index in [0.29, 0.717) is 18.8 Å². The second-order valence-electron chi connectivity index (χ2n) is 6.96. The zero-order chi connectivity index (χ0) is 15.5. The van der Waals surface area contributed by atoms with Gasteiger partial charge < -0.3 is 15.5 Å². The third-order valence-electron chi connectivity index (χ3n) is 5.20. The number of aliphatic hydroxyl groups excluding tert-OH is 1. The van der Waals surface area contributed by atoms with Crippen molar-refractivity contribution >= 4 is 11.9 Å². The molecule has 0 aliphatic heterocycles. The summed E-state index contributed by atoms with van der Waals surface area (Å²) in [7, 11) is 0. The number of amides is 1. The van der Waals surface area contributed by atoms with Crippen LogP contribution in [0, 0.1) is 17.8 Å². The van der Waals surface area contributed by atoms with Gasteiger partial charge in [-0.25, -0.2) is 0 Å². The Morgan fingerprint density at radius 2 is 1.81 bits per heavy atom. The molecule has 3 N–H and O–H groups in total. The number of hydrogen-bond acceptors (Lipinski definition) is 3. The van der Waals surface area contributed by atoms with Crippen LogP contribution in [-0.4, -0.2) is 34.2 Å². The Hall–Kier alpha value is -1.10. The van der Waals surface area contributed by atoms with Crippen LogP contribution in [0.3, 0.4) is 0 Å². The molecule has 1 amide bonds. The number of aliphatic carboxylic acids is 1. The van der Waals surface area contributed by atoms with E-state index in [1.165, 1.54) is 0 Å². The Bertz CT molecular complexity index is 398. The Labute approximate surface area is 126 Å². The highest BCUT2D eigenvalue weighted by Gasteiger charge is 2.41. The Morgan fingerprint density at radius 1 is 1.14 bits per heavy atom. The number of aliphatic hydroxyl groups is 1. The third-order valence-corrected chi connectivity index (χ3v) is 5.20. The monoisotopic (exact) mass is 297 g/mol. The average Bonchev–Trinajstić information content (AvgIpc) is 2.47. The number of carboxylic acid groups (broad SMARTS) is 1. The van der Waals surface area contributed by atoms with Gasteiger partial charge in [0.1, 0.15) is 0 Å². The molecule has 4 unspecified atom stereocenters. The van der Waals surface area contributed by atoms with Crippen molar-refractivity contribution < 1.29 is 19.8 Å². The highest BCUT2D eigenvalue weighted by Crippen LogP contribution is 2.35. The first-order valence-electron chi connectivity index (χ1n) is 8.13. The summed E-state index contributed by atoms with van der Waals surface area (Å²) in [5, 5.41) is 22.1. The fourth-order valence-electron chi connectivity index (χ4n) is 4.05. The van der Waals surface area contributed by atoms with Crippen molar-refractivity contribution in [3.05, 3.63) is 0 Å². The van der Waals surface area contributed by atoms with E-state index in [1.807, 2.05) is 0 Å². The van der Waals surface area contributed by atoms with E-state index in [1.54, 1.807) is 0 Å². The molecule has 2 saturated carbocycles. The van der Waals surface area contributed by atoms with Gasteiger partial charge in [0.05, 0.1) is 24.0 Å². The van der Waals surface area contributed by atoms with Gasteiger partial charge in [-0.1, -0.05) is 32.6 Å². The molecule has 0 heterocycles. The van der Waals surface area contributed by atoms with Gasteiger partial charge in [-0.3, -0.25) is 9.59 Å². The lowest BCUT2D eigenvalue weighted by Gasteiger charge is -2.41. The predicted molar refractivity (Wildman–Crippen MR) is 78.7 cm³/mol. The summed E-state index contributed by atoms with van der Waals surface area (Å²) in [6.45, 7) is 2.07. The third kappa shape index (κ3) is 3.76. The van der Waals surface area contributed by atoms with E-state index in [-0.39, 0.29) is 12.5 Å². The van der Waals surface area contributed by atoms with Crippen molar-refractivity contribution in [2.45, 2.75) is 63.8 Å². The van der Waals surface area contributed by atoms with Gasteiger partial charge in [-0.2, -0.15) is 0 Å². The average molecular weight is 297 g/mol.